The molecule has 2 atom stereocenters. The van der Waals surface area contributed by atoms with Gasteiger partial charge >= 0.3 is 202 Å². The molecule has 1 aliphatic rings. The van der Waals surface area contributed by atoms with Gasteiger partial charge in [0, 0.05) is 0 Å². The zero-order valence-corrected chi connectivity index (χ0v) is 23.6. The van der Waals surface area contributed by atoms with Crippen LogP contribution in [0, 0.1) is 36.5 Å². The molecular formula is C28H38GeS2. The van der Waals surface area contributed by atoms with Crippen LogP contribution in [0.2, 0.25) is 10.5 Å². The summed E-state index contributed by atoms with van der Waals surface area (Å²) in [5.74, 6) is 7.57. The molecule has 0 aromatic carbocycles. The van der Waals surface area contributed by atoms with Gasteiger partial charge in [0.1, 0.15) is 0 Å². The summed E-state index contributed by atoms with van der Waals surface area (Å²) in [5, 5.41) is 2.83. The molecular weight excluding hydrogens is 473 g/mol. The summed E-state index contributed by atoms with van der Waals surface area (Å²) in [6.07, 6.45) is 22.4. The van der Waals surface area contributed by atoms with Crippen LogP contribution in [0.1, 0.15) is 88.8 Å². The third-order valence-electron chi connectivity index (χ3n) is 7.35. The van der Waals surface area contributed by atoms with E-state index in [2.05, 4.69) is 51.7 Å². The summed E-state index contributed by atoms with van der Waals surface area (Å²) >= 11 is 1.10. The van der Waals surface area contributed by atoms with E-state index in [0.717, 1.165) is 21.6 Å². The maximum atomic E-state index is 5.89. The molecule has 0 nitrogen and oxygen atoms in total. The van der Waals surface area contributed by atoms with Gasteiger partial charge in [-0.1, -0.05) is 0 Å². The van der Waals surface area contributed by atoms with E-state index in [1.165, 1.54) is 71.6 Å². The van der Waals surface area contributed by atoms with Crippen LogP contribution in [0.5, 0.6) is 0 Å². The molecule has 0 amide bonds. The molecule has 31 heavy (non-hydrogen) atoms. The first-order chi connectivity index (χ1) is 15.1. The third kappa shape index (κ3) is 5.03. The van der Waals surface area contributed by atoms with Crippen LogP contribution in [-0.2, 0) is 0 Å². The molecule has 1 aliphatic heterocycles. The van der Waals surface area contributed by atoms with Crippen molar-refractivity contribution in [3.8, 4) is 34.4 Å². The van der Waals surface area contributed by atoms with Gasteiger partial charge < -0.3 is 0 Å². The van der Waals surface area contributed by atoms with Crippen molar-refractivity contribution in [1.29, 1.82) is 0 Å². The molecule has 0 bridgehead atoms. The predicted molar refractivity (Wildman–Crippen MR) is 145 cm³/mol. The fraction of sp³-hybridized carbons (Fsp3) is 0.571. The Morgan fingerprint density at radius 1 is 0.774 bits per heavy atom. The Labute approximate surface area is 201 Å². The Morgan fingerprint density at radius 2 is 1.19 bits per heavy atom. The van der Waals surface area contributed by atoms with Gasteiger partial charge in [0.15, 0.2) is 0 Å². The molecule has 0 radical (unpaired) electrons. The van der Waals surface area contributed by atoms with Gasteiger partial charge in [0.05, 0.1) is 0 Å². The molecule has 2 aromatic heterocycles. The summed E-state index contributed by atoms with van der Waals surface area (Å²) in [6.45, 7) is 9.46. The zero-order chi connectivity index (χ0) is 22.4. The van der Waals surface area contributed by atoms with Crippen LogP contribution < -0.4 is 8.79 Å². The van der Waals surface area contributed by atoms with Crippen molar-refractivity contribution in [2.45, 2.75) is 89.6 Å². The molecule has 2 unspecified atom stereocenters. The van der Waals surface area contributed by atoms with Gasteiger partial charge in [-0.05, 0) is 0 Å². The SMILES string of the molecule is C#Cc1c[c]2c(s1)-c1sc(C#C)c[c]1[Ge]2([CH2]C(CC)CCCC)[CH2]C(CC)CCCC. The minimum atomic E-state index is -2.59. The van der Waals surface area contributed by atoms with E-state index in [9.17, 15) is 0 Å². The topological polar surface area (TPSA) is 0 Å². The van der Waals surface area contributed by atoms with Crippen molar-refractivity contribution in [3.05, 3.63) is 21.9 Å². The first kappa shape index (κ1) is 24.7. The van der Waals surface area contributed by atoms with E-state index in [0.29, 0.717) is 0 Å². The van der Waals surface area contributed by atoms with E-state index >= 15 is 0 Å². The molecule has 3 rings (SSSR count). The minimum absolute atomic E-state index is 0.825. The quantitative estimate of drug-likeness (QED) is 0.202. The van der Waals surface area contributed by atoms with E-state index in [-0.39, 0.29) is 0 Å². The third-order valence-corrected chi connectivity index (χ3v) is 21.7. The van der Waals surface area contributed by atoms with Gasteiger partial charge in [-0.2, -0.15) is 0 Å². The predicted octanol–water partition coefficient (Wildman–Crippen LogP) is 7.75. The second-order valence-corrected chi connectivity index (χ2v) is 19.9. The van der Waals surface area contributed by atoms with Gasteiger partial charge in [-0.25, -0.2) is 0 Å². The summed E-state index contributed by atoms with van der Waals surface area (Å²) < 4.78 is 3.40. The molecule has 3 heteroatoms. The first-order valence-electron chi connectivity index (χ1n) is 12.3. The second-order valence-electron chi connectivity index (χ2n) is 9.32. The van der Waals surface area contributed by atoms with Gasteiger partial charge in [0.25, 0.3) is 0 Å². The molecule has 0 spiro atoms. The second kappa shape index (κ2) is 11.3. The van der Waals surface area contributed by atoms with Crippen molar-refractivity contribution in [2.24, 2.45) is 11.8 Å². The summed E-state index contributed by atoms with van der Waals surface area (Å²) in [5.41, 5.74) is 0. The van der Waals surface area contributed by atoms with E-state index in [1.54, 1.807) is 8.79 Å². The van der Waals surface area contributed by atoms with Crippen molar-refractivity contribution in [3.63, 3.8) is 0 Å². The Morgan fingerprint density at radius 3 is 1.52 bits per heavy atom. The van der Waals surface area contributed by atoms with E-state index in [1.807, 2.05) is 22.7 Å². The number of hydrogen-bond acceptors (Lipinski definition) is 2. The molecule has 0 fully saturated rings. The van der Waals surface area contributed by atoms with Crippen molar-refractivity contribution in [1.82, 2.24) is 0 Å². The van der Waals surface area contributed by atoms with Gasteiger partial charge in [-0.15, -0.1) is 0 Å². The van der Waals surface area contributed by atoms with E-state index in [4.69, 9.17) is 12.8 Å². The average Bonchev–Trinajstić information content (AvgIpc) is 3.46. The van der Waals surface area contributed by atoms with Gasteiger partial charge in [-0.3, -0.25) is 0 Å². The molecule has 2 aromatic rings. The monoisotopic (exact) mass is 512 g/mol. The summed E-state index contributed by atoms with van der Waals surface area (Å²) in [6, 6.07) is 4.86. The van der Waals surface area contributed by atoms with Crippen molar-refractivity contribution < 1.29 is 0 Å². The van der Waals surface area contributed by atoms with Crippen LogP contribution in [0.4, 0.5) is 0 Å². The van der Waals surface area contributed by atoms with E-state index < -0.39 is 13.3 Å². The fourth-order valence-electron chi connectivity index (χ4n) is 5.51. The molecule has 0 N–H and O–H groups in total. The molecule has 3 heterocycles. The summed E-state index contributed by atoms with van der Waals surface area (Å²) in [4.78, 5) is 5.21. The van der Waals surface area contributed by atoms with Crippen LogP contribution >= 0.6 is 22.7 Å². The Bertz CT molecular complexity index is 871. The normalized spacial score (nSPS) is 15.7. The standard InChI is InChI=1S/C28H38GeS2/c1-7-13-15-21(9-3)19-29(20-22(10-4)16-14-8-2)25-17-23(11-5)30-27(25)28-26(29)18-24(12-6)31-28/h5-6,17-18,21-22H,7-10,13-16,19-20H2,1-4H3. The zero-order valence-electron chi connectivity index (χ0n) is 19.9. The average molecular weight is 511 g/mol. The molecule has 0 saturated heterocycles. The molecule has 0 aliphatic carbocycles. The van der Waals surface area contributed by atoms with Crippen molar-refractivity contribution in [2.75, 3.05) is 0 Å². The van der Waals surface area contributed by atoms with Crippen LogP contribution in [0.3, 0.4) is 0 Å². The number of thiophene rings is 2. The Balaban J connectivity index is 2.14. The van der Waals surface area contributed by atoms with Crippen molar-refractivity contribution >= 4 is 44.7 Å². The fourth-order valence-corrected chi connectivity index (χ4v) is 24.0. The Hall–Kier alpha value is -0.937. The number of rotatable bonds is 12. The number of unbranched alkanes of at least 4 members (excludes halogenated alkanes) is 2. The number of hydrogen-bond donors (Lipinski definition) is 0. The first-order valence-corrected chi connectivity index (χ1v) is 19.0. The van der Waals surface area contributed by atoms with Crippen LogP contribution in [0.25, 0.3) is 9.75 Å². The summed E-state index contributed by atoms with van der Waals surface area (Å²) in [7, 11) is 0. The number of fused-ring (bicyclic) bond motifs is 3. The maximum absolute atomic E-state index is 5.89. The van der Waals surface area contributed by atoms with Crippen LogP contribution in [0.15, 0.2) is 12.1 Å². The molecule has 166 valence electrons. The van der Waals surface area contributed by atoms with Crippen LogP contribution in [-0.4, -0.2) is 13.3 Å². The van der Waals surface area contributed by atoms with Gasteiger partial charge in [0.2, 0.25) is 0 Å². The number of terminal acetylenes is 2. The Kier molecular flexibility index (Phi) is 8.98. The molecule has 0 saturated carbocycles.